The monoisotopic (exact) mass is 581 g/mol. The van der Waals surface area contributed by atoms with Crippen molar-refractivity contribution in [3.8, 4) is 23.3 Å². The number of nitrogens with two attached hydrogens (primary N) is 2. The maximum absolute atomic E-state index is 16.8. The molecule has 0 saturated carbocycles. The van der Waals surface area contributed by atoms with Crippen molar-refractivity contribution < 1.29 is 13.9 Å². The molecule has 1 saturated heterocycles. The van der Waals surface area contributed by atoms with Crippen LogP contribution < -0.4 is 25.8 Å². The van der Waals surface area contributed by atoms with Crippen molar-refractivity contribution in [2.45, 2.75) is 31.8 Å². The molecule has 43 heavy (non-hydrogen) atoms. The van der Waals surface area contributed by atoms with Crippen molar-refractivity contribution in [2.75, 3.05) is 49.7 Å². The standard InChI is InChI=1S/C31H32FN9O2/c1-17(20-10-5-11-35-28(20)34)41-13-14-42-30-23-26(38-31(39-29(23)41)43-16-19-8-6-12-40(19)2)24(32)27(37-30)25-21-9-4-3-7-18(21)15-22(33)36-25/h3-5,7,9-11,15,17,19H,6,8,12-14,16H2,1-2H3,(H2,33,36)(H2,34,35)/t17?,19-/m0/s1. The highest BCUT2D eigenvalue weighted by Gasteiger charge is 2.32. The van der Waals surface area contributed by atoms with Crippen molar-refractivity contribution in [1.82, 2.24) is 29.8 Å². The zero-order chi connectivity index (χ0) is 29.7. The smallest absolute Gasteiger partial charge is 0.319 e. The van der Waals surface area contributed by atoms with E-state index in [0.29, 0.717) is 41.3 Å². The van der Waals surface area contributed by atoms with Crippen LogP contribution in [0.5, 0.6) is 11.9 Å². The third kappa shape index (κ3) is 4.77. The van der Waals surface area contributed by atoms with E-state index in [4.69, 9.17) is 25.9 Å². The van der Waals surface area contributed by atoms with Crippen LogP contribution in [0.2, 0.25) is 0 Å². The van der Waals surface area contributed by atoms with Gasteiger partial charge in [0.2, 0.25) is 5.88 Å². The lowest BCUT2D eigenvalue weighted by molar-refractivity contribution is 0.188. The van der Waals surface area contributed by atoms with Crippen LogP contribution in [0.3, 0.4) is 0 Å². The number of likely N-dealkylation sites (N-methyl/N-ethyl adjacent to an activating group) is 1. The lowest BCUT2D eigenvalue weighted by Crippen LogP contribution is -2.32. The Morgan fingerprint density at radius 2 is 1.93 bits per heavy atom. The molecule has 12 heteroatoms. The van der Waals surface area contributed by atoms with E-state index >= 15 is 4.39 Å². The van der Waals surface area contributed by atoms with E-state index in [0.717, 1.165) is 30.3 Å². The number of benzene rings is 1. The molecule has 2 atom stereocenters. The van der Waals surface area contributed by atoms with Crippen LogP contribution in [0.1, 0.15) is 31.4 Å². The molecule has 7 rings (SSSR count). The predicted octanol–water partition coefficient (Wildman–Crippen LogP) is 4.37. The molecule has 1 unspecified atom stereocenters. The Balaban J connectivity index is 1.43. The molecule has 11 nitrogen and oxygen atoms in total. The van der Waals surface area contributed by atoms with E-state index in [1.807, 2.05) is 48.2 Å². The number of hydrogen-bond donors (Lipinski definition) is 2. The minimum absolute atomic E-state index is 0.00451. The van der Waals surface area contributed by atoms with E-state index in [9.17, 15) is 0 Å². The summed E-state index contributed by atoms with van der Waals surface area (Å²) in [5.74, 6) is 0.666. The van der Waals surface area contributed by atoms with Gasteiger partial charge >= 0.3 is 6.01 Å². The van der Waals surface area contributed by atoms with Crippen LogP contribution in [-0.4, -0.2) is 69.2 Å². The Morgan fingerprint density at radius 1 is 1.07 bits per heavy atom. The van der Waals surface area contributed by atoms with Crippen LogP contribution >= 0.6 is 0 Å². The summed E-state index contributed by atoms with van der Waals surface area (Å²) in [6.45, 7) is 4.08. The second kappa shape index (κ2) is 10.8. The van der Waals surface area contributed by atoms with E-state index in [-0.39, 0.29) is 47.6 Å². The van der Waals surface area contributed by atoms with Gasteiger partial charge in [-0.15, -0.1) is 0 Å². The molecule has 220 valence electrons. The summed E-state index contributed by atoms with van der Waals surface area (Å²) in [6, 6.07) is 13.1. The summed E-state index contributed by atoms with van der Waals surface area (Å²) in [5, 5.41) is 1.88. The molecule has 6 heterocycles. The summed E-state index contributed by atoms with van der Waals surface area (Å²) >= 11 is 0. The van der Waals surface area contributed by atoms with Crippen molar-refractivity contribution in [3.05, 3.63) is 60.0 Å². The summed E-state index contributed by atoms with van der Waals surface area (Å²) in [5.41, 5.74) is 13.6. The second-order valence-electron chi connectivity index (χ2n) is 11.0. The number of rotatable bonds is 6. The topological polar surface area (TPSA) is 141 Å². The molecule has 0 spiro atoms. The molecule has 0 bridgehead atoms. The highest BCUT2D eigenvalue weighted by Crippen LogP contribution is 2.42. The van der Waals surface area contributed by atoms with Crippen LogP contribution in [-0.2, 0) is 0 Å². The minimum atomic E-state index is -0.660. The first-order valence-corrected chi connectivity index (χ1v) is 14.4. The fraction of sp³-hybridized carbons (Fsp3) is 0.323. The number of hydrogen-bond acceptors (Lipinski definition) is 11. The molecule has 1 aromatic carbocycles. The molecule has 2 aliphatic heterocycles. The minimum Gasteiger partial charge on any atom is -0.475 e. The summed E-state index contributed by atoms with van der Waals surface area (Å²) in [7, 11) is 2.07. The van der Waals surface area contributed by atoms with Crippen LogP contribution in [0.25, 0.3) is 33.1 Å². The molecule has 1 fully saturated rings. The number of halogens is 1. The average molecular weight is 582 g/mol. The summed E-state index contributed by atoms with van der Waals surface area (Å²) in [6.07, 6.45) is 3.75. The number of anilines is 3. The molecular weight excluding hydrogens is 549 g/mol. The Morgan fingerprint density at radius 3 is 2.74 bits per heavy atom. The first-order chi connectivity index (χ1) is 20.9. The van der Waals surface area contributed by atoms with Crippen LogP contribution in [0.4, 0.5) is 21.8 Å². The molecule has 5 aromatic rings. The maximum atomic E-state index is 16.8. The Kier molecular flexibility index (Phi) is 6.77. The number of nitrogens with zero attached hydrogens (tertiary/aromatic N) is 7. The van der Waals surface area contributed by atoms with Gasteiger partial charge in [0.15, 0.2) is 5.82 Å². The SMILES string of the molecule is CC(c1cccnc1N)N1CCOc2nc(-c3nc(N)cc4ccccc34)c(F)c3nc(OC[C@@H]4CCCN4C)nc1c23. The van der Waals surface area contributed by atoms with Gasteiger partial charge in [-0.1, -0.05) is 30.3 Å². The van der Waals surface area contributed by atoms with Crippen molar-refractivity contribution in [2.24, 2.45) is 0 Å². The summed E-state index contributed by atoms with van der Waals surface area (Å²) in [4.78, 5) is 27.2. The van der Waals surface area contributed by atoms with Gasteiger partial charge in [0, 0.05) is 23.2 Å². The Hall–Kier alpha value is -4.84. The lowest BCUT2D eigenvalue weighted by Gasteiger charge is -2.30. The lowest BCUT2D eigenvalue weighted by atomic mass is 10.1. The molecule has 0 aliphatic carbocycles. The van der Waals surface area contributed by atoms with E-state index in [1.165, 1.54) is 0 Å². The van der Waals surface area contributed by atoms with E-state index in [1.54, 1.807) is 12.3 Å². The highest BCUT2D eigenvalue weighted by atomic mass is 19.1. The zero-order valence-corrected chi connectivity index (χ0v) is 24.0. The second-order valence-corrected chi connectivity index (χ2v) is 11.0. The normalized spacial score (nSPS) is 17.7. The molecule has 4 aromatic heterocycles. The van der Waals surface area contributed by atoms with Gasteiger partial charge < -0.3 is 30.7 Å². The van der Waals surface area contributed by atoms with Crippen LogP contribution in [0.15, 0.2) is 48.7 Å². The number of aromatic nitrogens is 5. The fourth-order valence-corrected chi connectivity index (χ4v) is 6.07. The first-order valence-electron chi connectivity index (χ1n) is 14.4. The number of nitrogen functional groups attached to an aromatic ring is 2. The largest absolute Gasteiger partial charge is 0.475 e. The summed E-state index contributed by atoms with van der Waals surface area (Å²) < 4.78 is 29.1. The quantitative estimate of drug-likeness (QED) is 0.295. The van der Waals surface area contributed by atoms with Gasteiger partial charge in [0.25, 0.3) is 0 Å². The first kappa shape index (κ1) is 27.0. The Bertz CT molecular complexity index is 1850. The zero-order valence-electron chi connectivity index (χ0n) is 24.0. The number of likely N-dealkylation sites (tertiary alicyclic amines) is 1. The van der Waals surface area contributed by atoms with Gasteiger partial charge in [0.05, 0.1) is 12.6 Å². The van der Waals surface area contributed by atoms with Crippen LogP contribution in [0, 0.1) is 5.82 Å². The average Bonchev–Trinajstić information content (AvgIpc) is 3.33. The van der Waals surface area contributed by atoms with E-state index in [2.05, 4.69) is 31.9 Å². The van der Waals surface area contributed by atoms with Crippen molar-refractivity contribution in [1.29, 1.82) is 0 Å². The number of ether oxygens (including phenoxy) is 2. The van der Waals surface area contributed by atoms with Gasteiger partial charge in [-0.05, 0) is 50.9 Å². The molecule has 0 radical (unpaired) electrons. The molecular formula is C31H32FN9O2. The highest BCUT2D eigenvalue weighted by molar-refractivity contribution is 6.00. The molecule has 4 N–H and O–H groups in total. The van der Waals surface area contributed by atoms with Gasteiger partial charge in [-0.2, -0.15) is 9.97 Å². The van der Waals surface area contributed by atoms with Crippen molar-refractivity contribution >= 4 is 39.1 Å². The van der Waals surface area contributed by atoms with Gasteiger partial charge in [-0.3, -0.25) is 0 Å². The Labute approximate surface area is 247 Å². The molecule has 2 aliphatic rings. The predicted molar refractivity (Wildman–Crippen MR) is 163 cm³/mol. The third-order valence-electron chi connectivity index (χ3n) is 8.41. The van der Waals surface area contributed by atoms with Gasteiger partial charge in [-0.25, -0.2) is 19.3 Å². The van der Waals surface area contributed by atoms with Crippen molar-refractivity contribution in [3.63, 3.8) is 0 Å². The fourth-order valence-electron chi connectivity index (χ4n) is 6.07. The number of fused-ring (bicyclic) bond motifs is 1. The van der Waals surface area contributed by atoms with E-state index < -0.39 is 5.82 Å². The maximum Gasteiger partial charge on any atom is 0.319 e. The number of pyridine rings is 3. The third-order valence-corrected chi connectivity index (χ3v) is 8.41. The van der Waals surface area contributed by atoms with Gasteiger partial charge in [0.1, 0.15) is 53.0 Å². The molecule has 0 amide bonds.